The topological polar surface area (TPSA) is 32.8 Å². The van der Waals surface area contributed by atoms with E-state index in [1.165, 1.54) is 12.8 Å². The first-order chi connectivity index (χ1) is 10.3. The Hall–Kier alpha value is -1.03. The average molecular weight is 306 g/mol. The molecule has 0 spiro atoms. The Balaban J connectivity index is 1.86. The molecule has 1 saturated heterocycles. The summed E-state index contributed by atoms with van der Waals surface area (Å²) in [5.41, 5.74) is 0.727. The summed E-state index contributed by atoms with van der Waals surface area (Å²) < 4.78 is 5.03. The van der Waals surface area contributed by atoms with Gasteiger partial charge in [0, 0.05) is 37.4 Å². The quantitative estimate of drug-likeness (QED) is 0.592. The second-order valence-electron chi connectivity index (χ2n) is 8.01. The lowest BCUT2D eigenvalue weighted by Crippen LogP contribution is -2.61. The van der Waals surface area contributed by atoms with Crippen LogP contribution in [0.25, 0.3) is 0 Å². The van der Waals surface area contributed by atoms with Crippen molar-refractivity contribution in [3.8, 4) is 0 Å². The number of esters is 1. The molecular weight excluding hydrogens is 276 g/mol. The predicted molar refractivity (Wildman–Crippen MR) is 87.3 cm³/mol. The van der Waals surface area contributed by atoms with E-state index < -0.39 is 0 Å². The molecule has 4 atom stereocenters. The van der Waals surface area contributed by atoms with Crippen LogP contribution in [0.5, 0.6) is 0 Å². The second kappa shape index (κ2) is 5.26. The van der Waals surface area contributed by atoms with Gasteiger partial charge in [-0.2, -0.15) is 0 Å². The fourth-order valence-corrected chi connectivity index (χ4v) is 5.53. The Labute approximate surface area is 134 Å². The van der Waals surface area contributed by atoms with Gasteiger partial charge in [-0.15, -0.1) is 0 Å². The molecule has 0 radical (unpaired) electrons. The summed E-state index contributed by atoms with van der Waals surface area (Å²) in [7, 11) is 2.27. The molecule has 3 aliphatic rings. The van der Waals surface area contributed by atoms with Gasteiger partial charge in [0.2, 0.25) is 0 Å². The van der Waals surface area contributed by atoms with Crippen LogP contribution >= 0.6 is 0 Å². The summed E-state index contributed by atoms with van der Waals surface area (Å²) in [5.74, 6) is 0.476. The van der Waals surface area contributed by atoms with Gasteiger partial charge in [-0.3, -0.25) is 4.90 Å². The van der Waals surface area contributed by atoms with Crippen molar-refractivity contribution in [3.05, 3.63) is 12.3 Å². The summed E-state index contributed by atoms with van der Waals surface area (Å²) in [4.78, 5) is 16.6. The van der Waals surface area contributed by atoms with E-state index in [1.807, 2.05) is 13.1 Å². The lowest BCUT2D eigenvalue weighted by Gasteiger charge is -2.51. The third-order valence-corrected chi connectivity index (χ3v) is 7.02. The first-order valence-corrected chi connectivity index (χ1v) is 8.64. The molecule has 2 saturated carbocycles. The number of nitrogens with zero attached hydrogens (tertiary/aromatic N) is 2. The van der Waals surface area contributed by atoms with Gasteiger partial charge in [-0.25, -0.2) is 4.79 Å². The van der Waals surface area contributed by atoms with Crippen molar-refractivity contribution in [1.29, 1.82) is 0 Å². The van der Waals surface area contributed by atoms with Crippen molar-refractivity contribution in [2.45, 2.75) is 52.6 Å². The molecule has 0 aromatic heterocycles. The minimum Gasteiger partial charge on any atom is -0.463 e. The molecule has 0 unspecified atom stereocenters. The van der Waals surface area contributed by atoms with Crippen molar-refractivity contribution < 1.29 is 9.53 Å². The van der Waals surface area contributed by atoms with Gasteiger partial charge in [0.05, 0.1) is 6.61 Å². The highest BCUT2D eigenvalue weighted by Crippen LogP contribution is 2.67. The molecule has 0 amide bonds. The molecular formula is C18H30N2O2. The Morgan fingerprint density at radius 3 is 2.73 bits per heavy atom. The summed E-state index contributed by atoms with van der Waals surface area (Å²) in [6.45, 7) is 11.7. The van der Waals surface area contributed by atoms with Crippen molar-refractivity contribution in [2.75, 3.05) is 26.7 Å². The Kier molecular flexibility index (Phi) is 3.79. The Bertz CT molecular complexity index is 487. The number of hydrogen-bond acceptors (Lipinski definition) is 4. The molecule has 3 rings (SSSR count). The summed E-state index contributed by atoms with van der Waals surface area (Å²) in [6, 6.07) is 1.11. The number of ether oxygens (including phenoxy) is 1. The first kappa shape index (κ1) is 15.9. The van der Waals surface area contributed by atoms with Crippen molar-refractivity contribution in [2.24, 2.45) is 16.7 Å². The van der Waals surface area contributed by atoms with Crippen LogP contribution in [0.2, 0.25) is 0 Å². The Morgan fingerprint density at radius 1 is 1.32 bits per heavy atom. The molecule has 4 heteroatoms. The molecule has 1 aliphatic heterocycles. The summed E-state index contributed by atoms with van der Waals surface area (Å²) >= 11 is 0. The fraction of sp³-hybridized carbons (Fsp3) is 0.833. The van der Waals surface area contributed by atoms with Crippen molar-refractivity contribution in [3.63, 3.8) is 0 Å². The van der Waals surface area contributed by atoms with E-state index in [4.69, 9.17) is 4.74 Å². The number of rotatable bonds is 3. The highest BCUT2D eigenvalue weighted by Gasteiger charge is 2.68. The van der Waals surface area contributed by atoms with Crippen molar-refractivity contribution in [1.82, 2.24) is 9.80 Å². The number of hydrogen-bond donors (Lipinski definition) is 0. The molecule has 3 fully saturated rings. The van der Waals surface area contributed by atoms with Crippen LogP contribution in [0.1, 0.15) is 40.5 Å². The zero-order valence-electron chi connectivity index (χ0n) is 14.6. The number of fused-ring (bicyclic) bond motifs is 5. The SMILES string of the molecule is CCOC(=O)/C=C/N1CCN(C)[C@@H]2[C@H]1[C@H]1CC[C@]2(C)C1(C)C. The molecule has 2 bridgehead atoms. The number of carbonyl (C=O) groups is 1. The zero-order chi connectivity index (χ0) is 16.1. The normalized spacial score (nSPS) is 40.2. The van der Waals surface area contributed by atoms with E-state index in [0.717, 1.165) is 13.1 Å². The van der Waals surface area contributed by atoms with E-state index in [9.17, 15) is 4.79 Å². The van der Waals surface area contributed by atoms with Gasteiger partial charge in [0.1, 0.15) is 0 Å². The van der Waals surface area contributed by atoms with Crippen molar-refractivity contribution >= 4 is 5.97 Å². The smallest absolute Gasteiger partial charge is 0.332 e. The molecule has 0 N–H and O–H groups in total. The monoisotopic (exact) mass is 306 g/mol. The van der Waals surface area contributed by atoms with Gasteiger partial charge in [-0.1, -0.05) is 20.8 Å². The second-order valence-corrected chi connectivity index (χ2v) is 8.01. The Morgan fingerprint density at radius 2 is 2.05 bits per heavy atom. The molecule has 0 aromatic rings. The molecule has 0 aromatic carbocycles. The van der Waals surface area contributed by atoms with Crippen LogP contribution in [0.3, 0.4) is 0 Å². The van der Waals surface area contributed by atoms with E-state index in [1.54, 1.807) is 6.08 Å². The summed E-state index contributed by atoms with van der Waals surface area (Å²) in [5, 5.41) is 0. The fourth-order valence-electron chi connectivity index (χ4n) is 5.53. The van der Waals surface area contributed by atoms with Crippen LogP contribution in [0.15, 0.2) is 12.3 Å². The van der Waals surface area contributed by atoms with E-state index >= 15 is 0 Å². The van der Waals surface area contributed by atoms with Crippen LogP contribution in [0.4, 0.5) is 0 Å². The largest absolute Gasteiger partial charge is 0.463 e. The average Bonchev–Trinajstić information content (AvgIpc) is 2.78. The highest BCUT2D eigenvalue weighted by atomic mass is 16.5. The maximum Gasteiger partial charge on any atom is 0.332 e. The minimum atomic E-state index is -0.230. The molecule has 2 aliphatic carbocycles. The number of likely N-dealkylation sites (N-methyl/N-ethyl adjacent to an activating group) is 1. The van der Waals surface area contributed by atoms with Gasteiger partial charge in [0.15, 0.2) is 0 Å². The van der Waals surface area contributed by atoms with E-state index in [0.29, 0.717) is 35.4 Å². The maximum absolute atomic E-state index is 11.6. The summed E-state index contributed by atoms with van der Waals surface area (Å²) in [6.07, 6.45) is 6.23. The van der Waals surface area contributed by atoms with Gasteiger partial charge in [-0.05, 0) is 43.6 Å². The minimum absolute atomic E-state index is 0.230. The zero-order valence-corrected chi connectivity index (χ0v) is 14.6. The third kappa shape index (κ3) is 2.03. The lowest BCUT2D eigenvalue weighted by molar-refractivity contribution is -0.137. The van der Waals surface area contributed by atoms with Gasteiger partial charge < -0.3 is 9.64 Å². The molecule has 1 heterocycles. The third-order valence-electron chi connectivity index (χ3n) is 7.02. The number of carbonyl (C=O) groups excluding carboxylic acids is 1. The highest BCUT2D eigenvalue weighted by molar-refractivity contribution is 5.81. The predicted octanol–water partition coefficient (Wildman–Crippen LogP) is 2.50. The lowest BCUT2D eigenvalue weighted by atomic mass is 9.68. The van der Waals surface area contributed by atoms with E-state index in [-0.39, 0.29) is 5.97 Å². The standard InChI is InChI=1S/C18H30N2O2/c1-6-22-14(21)8-10-20-12-11-19(5)16-15(20)13-7-9-18(16,4)17(13,2)3/h8,10,13,15-16H,6-7,9,11-12H2,1-5H3/b10-8+/t13-,15-,16-,18+/m1/s1. The van der Waals surface area contributed by atoms with Gasteiger partial charge in [0.25, 0.3) is 0 Å². The molecule has 4 nitrogen and oxygen atoms in total. The first-order valence-electron chi connectivity index (χ1n) is 8.64. The van der Waals surface area contributed by atoms with Crippen LogP contribution in [0, 0.1) is 16.7 Å². The van der Waals surface area contributed by atoms with E-state index in [2.05, 4.69) is 37.6 Å². The molecule has 22 heavy (non-hydrogen) atoms. The molecule has 124 valence electrons. The van der Waals surface area contributed by atoms with Crippen LogP contribution < -0.4 is 0 Å². The van der Waals surface area contributed by atoms with Crippen LogP contribution in [-0.4, -0.2) is 54.6 Å². The van der Waals surface area contributed by atoms with Gasteiger partial charge >= 0.3 is 5.97 Å². The number of piperazine rings is 1. The van der Waals surface area contributed by atoms with Crippen LogP contribution in [-0.2, 0) is 9.53 Å². The maximum atomic E-state index is 11.6.